The lowest BCUT2D eigenvalue weighted by Gasteiger charge is -2.17. The number of imide groups is 1. The van der Waals surface area contributed by atoms with Crippen LogP contribution < -0.4 is 10.2 Å². The van der Waals surface area contributed by atoms with Crippen LogP contribution in [-0.4, -0.2) is 17.9 Å². The molecule has 1 heterocycles. The molecule has 1 aliphatic rings. The largest absolute Gasteiger partial charge is 0.373 e. The number of unbranched alkanes of at least 4 members (excludes halogenated alkanes) is 1. The SMILES string of the molecule is CCCCc1ccc(N2C(=O)CC(Nc3ccccc3C)C2=O)cc1. The minimum Gasteiger partial charge on any atom is -0.373 e. The third-order valence-electron chi connectivity index (χ3n) is 4.63. The average molecular weight is 336 g/mol. The zero-order chi connectivity index (χ0) is 17.8. The Morgan fingerprint density at radius 1 is 1.08 bits per heavy atom. The molecular formula is C21H24N2O2. The Hall–Kier alpha value is -2.62. The first-order chi connectivity index (χ1) is 12.1. The van der Waals surface area contributed by atoms with E-state index in [2.05, 4.69) is 12.2 Å². The van der Waals surface area contributed by atoms with Gasteiger partial charge in [-0.1, -0.05) is 43.7 Å². The van der Waals surface area contributed by atoms with Gasteiger partial charge in [0, 0.05) is 5.69 Å². The molecular weight excluding hydrogens is 312 g/mol. The van der Waals surface area contributed by atoms with Crippen molar-refractivity contribution in [2.75, 3.05) is 10.2 Å². The molecule has 0 bridgehead atoms. The predicted octanol–water partition coefficient (Wildman–Crippen LogP) is 4.08. The summed E-state index contributed by atoms with van der Waals surface area (Å²) in [5.41, 5.74) is 3.84. The Bertz CT molecular complexity index is 768. The van der Waals surface area contributed by atoms with Crippen molar-refractivity contribution in [1.29, 1.82) is 0 Å². The molecule has 2 aromatic carbocycles. The van der Waals surface area contributed by atoms with Gasteiger partial charge in [0.15, 0.2) is 0 Å². The number of hydrogen-bond donors (Lipinski definition) is 1. The van der Waals surface area contributed by atoms with E-state index in [9.17, 15) is 9.59 Å². The molecule has 4 heteroatoms. The van der Waals surface area contributed by atoms with Crippen molar-refractivity contribution in [1.82, 2.24) is 0 Å². The number of nitrogens with one attached hydrogen (secondary N) is 1. The number of aryl methyl sites for hydroxylation is 2. The van der Waals surface area contributed by atoms with Crippen molar-refractivity contribution in [2.45, 2.75) is 45.6 Å². The number of hydrogen-bond acceptors (Lipinski definition) is 3. The summed E-state index contributed by atoms with van der Waals surface area (Å²) >= 11 is 0. The highest BCUT2D eigenvalue weighted by Gasteiger charge is 2.39. The molecule has 1 aliphatic heterocycles. The molecule has 1 N–H and O–H groups in total. The molecule has 3 rings (SSSR count). The average Bonchev–Trinajstić information content (AvgIpc) is 2.89. The zero-order valence-corrected chi connectivity index (χ0v) is 14.8. The number of amides is 2. The molecule has 0 radical (unpaired) electrons. The van der Waals surface area contributed by atoms with Crippen LogP contribution in [0.25, 0.3) is 0 Å². The molecule has 2 amide bonds. The van der Waals surface area contributed by atoms with E-state index in [1.807, 2.05) is 55.5 Å². The van der Waals surface area contributed by atoms with Crippen molar-refractivity contribution >= 4 is 23.2 Å². The lowest BCUT2D eigenvalue weighted by atomic mass is 10.1. The van der Waals surface area contributed by atoms with Gasteiger partial charge in [-0.2, -0.15) is 0 Å². The smallest absolute Gasteiger partial charge is 0.256 e. The maximum Gasteiger partial charge on any atom is 0.256 e. The summed E-state index contributed by atoms with van der Waals surface area (Å²) in [5.74, 6) is -0.341. The Labute approximate surface area is 148 Å². The summed E-state index contributed by atoms with van der Waals surface area (Å²) < 4.78 is 0. The normalized spacial score (nSPS) is 17.2. The van der Waals surface area contributed by atoms with Crippen LogP contribution in [-0.2, 0) is 16.0 Å². The molecule has 1 atom stereocenters. The second-order valence-corrected chi connectivity index (χ2v) is 6.55. The number of carbonyl (C=O) groups is 2. The number of para-hydroxylation sites is 1. The minimum absolute atomic E-state index is 0.155. The van der Waals surface area contributed by atoms with Crippen LogP contribution in [0.3, 0.4) is 0 Å². The van der Waals surface area contributed by atoms with Crippen molar-refractivity contribution in [3.05, 3.63) is 59.7 Å². The third kappa shape index (κ3) is 3.73. The van der Waals surface area contributed by atoms with Crippen molar-refractivity contribution in [3.8, 4) is 0 Å². The Morgan fingerprint density at radius 2 is 1.80 bits per heavy atom. The van der Waals surface area contributed by atoms with Gasteiger partial charge in [-0.25, -0.2) is 4.90 Å². The molecule has 1 unspecified atom stereocenters. The van der Waals surface area contributed by atoms with Gasteiger partial charge in [0.05, 0.1) is 12.1 Å². The van der Waals surface area contributed by atoms with E-state index < -0.39 is 6.04 Å². The van der Waals surface area contributed by atoms with Gasteiger partial charge in [0.25, 0.3) is 5.91 Å². The van der Waals surface area contributed by atoms with Crippen LogP contribution in [0.1, 0.15) is 37.3 Å². The first kappa shape index (κ1) is 17.2. The Morgan fingerprint density at radius 3 is 2.48 bits per heavy atom. The van der Waals surface area contributed by atoms with E-state index in [1.54, 1.807) is 0 Å². The van der Waals surface area contributed by atoms with E-state index in [0.29, 0.717) is 5.69 Å². The summed E-state index contributed by atoms with van der Waals surface area (Å²) in [4.78, 5) is 26.4. The van der Waals surface area contributed by atoms with Crippen LogP contribution in [0, 0.1) is 6.92 Å². The second-order valence-electron chi connectivity index (χ2n) is 6.55. The molecule has 130 valence electrons. The number of anilines is 2. The summed E-state index contributed by atoms with van der Waals surface area (Å²) in [6, 6.07) is 15.0. The van der Waals surface area contributed by atoms with Crippen molar-refractivity contribution in [2.24, 2.45) is 0 Å². The molecule has 0 aromatic heterocycles. The summed E-state index contributed by atoms with van der Waals surface area (Å²) in [7, 11) is 0. The molecule has 0 aliphatic carbocycles. The zero-order valence-electron chi connectivity index (χ0n) is 14.8. The van der Waals surface area contributed by atoms with Gasteiger partial charge in [-0.05, 0) is 49.1 Å². The topological polar surface area (TPSA) is 49.4 Å². The van der Waals surface area contributed by atoms with Gasteiger partial charge in [-0.15, -0.1) is 0 Å². The lowest BCUT2D eigenvalue weighted by molar-refractivity contribution is -0.121. The van der Waals surface area contributed by atoms with Gasteiger partial charge in [-0.3, -0.25) is 9.59 Å². The first-order valence-corrected chi connectivity index (χ1v) is 8.88. The van der Waals surface area contributed by atoms with Crippen molar-refractivity contribution < 1.29 is 9.59 Å². The fourth-order valence-electron chi connectivity index (χ4n) is 3.13. The van der Waals surface area contributed by atoms with Crippen LogP contribution in [0.4, 0.5) is 11.4 Å². The van der Waals surface area contributed by atoms with Gasteiger partial charge in [0.1, 0.15) is 6.04 Å². The highest BCUT2D eigenvalue weighted by molar-refractivity contribution is 6.23. The van der Waals surface area contributed by atoms with E-state index >= 15 is 0 Å². The Balaban J connectivity index is 1.74. The second kappa shape index (κ2) is 7.51. The van der Waals surface area contributed by atoms with Crippen molar-refractivity contribution in [3.63, 3.8) is 0 Å². The number of benzene rings is 2. The van der Waals surface area contributed by atoms with Crippen LogP contribution in [0.5, 0.6) is 0 Å². The highest BCUT2D eigenvalue weighted by atomic mass is 16.2. The molecule has 4 nitrogen and oxygen atoms in total. The number of nitrogens with zero attached hydrogens (tertiary/aromatic N) is 1. The monoisotopic (exact) mass is 336 g/mol. The molecule has 1 fully saturated rings. The molecule has 25 heavy (non-hydrogen) atoms. The standard InChI is InChI=1S/C21H24N2O2/c1-3-4-8-16-10-12-17(13-11-16)23-20(24)14-19(21(23)25)22-18-9-6-5-7-15(18)2/h5-7,9-13,19,22H,3-4,8,14H2,1-2H3. The number of carbonyl (C=O) groups excluding carboxylic acids is 2. The summed E-state index contributed by atoms with van der Waals surface area (Å²) in [6.45, 7) is 4.15. The molecule has 0 saturated carbocycles. The predicted molar refractivity (Wildman–Crippen MR) is 101 cm³/mol. The van der Waals surface area contributed by atoms with E-state index in [0.717, 1.165) is 30.5 Å². The maximum absolute atomic E-state index is 12.7. The highest BCUT2D eigenvalue weighted by Crippen LogP contribution is 2.26. The quantitative estimate of drug-likeness (QED) is 0.809. The van der Waals surface area contributed by atoms with Gasteiger partial charge < -0.3 is 5.32 Å². The van der Waals surface area contributed by atoms with Crippen LogP contribution in [0.2, 0.25) is 0 Å². The molecule has 1 saturated heterocycles. The molecule has 2 aromatic rings. The summed E-state index contributed by atoms with van der Waals surface area (Å²) in [5, 5.41) is 3.22. The van der Waals surface area contributed by atoms with Crippen LogP contribution >= 0.6 is 0 Å². The fourth-order valence-corrected chi connectivity index (χ4v) is 3.13. The van der Waals surface area contributed by atoms with E-state index in [1.165, 1.54) is 10.5 Å². The maximum atomic E-state index is 12.7. The van der Waals surface area contributed by atoms with Gasteiger partial charge in [0.2, 0.25) is 5.91 Å². The molecule has 0 spiro atoms. The van der Waals surface area contributed by atoms with E-state index in [4.69, 9.17) is 0 Å². The lowest BCUT2D eigenvalue weighted by Crippen LogP contribution is -2.34. The minimum atomic E-state index is -0.506. The third-order valence-corrected chi connectivity index (χ3v) is 4.63. The summed E-state index contributed by atoms with van der Waals surface area (Å²) in [6.07, 6.45) is 3.50. The first-order valence-electron chi connectivity index (χ1n) is 8.88. The van der Waals surface area contributed by atoms with Gasteiger partial charge >= 0.3 is 0 Å². The number of rotatable bonds is 6. The van der Waals surface area contributed by atoms with Crippen LogP contribution in [0.15, 0.2) is 48.5 Å². The fraction of sp³-hybridized carbons (Fsp3) is 0.333. The Kier molecular flexibility index (Phi) is 5.17. The van der Waals surface area contributed by atoms with E-state index in [-0.39, 0.29) is 18.2 Å².